The van der Waals surface area contributed by atoms with Crippen LogP contribution in [0.15, 0.2) is 30.9 Å². The van der Waals surface area contributed by atoms with Crippen LogP contribution in [-0.2, 0) is 13.1 Å². The third kappa shape index (κ3) is 3.88. The van der Waals surface area contributed by atoms with Crippen LogP contribution < -0.4 is 14.8 Å². The molecule has 1 aromatic heterocycles. The molecule has 0 saturated carbocycles. The third-order valence-electron chi connectivity index (χ3n) is 3.24. The lowest BCUT2D eigenvalue weighted by atomic mass is 10.1. The van der Waals surface area contributed by atoms with Crippen molar-refractivity contribution in [1.29, 1.82) is 0 Å². The van der Waals surface area contributed by atoms with Gasteiger partial charge in [-0.25, -0.2) is 4.98 Å². The van der Waals surface area contributed by atoms with Crippen molar-refractivity contribution in [3.63, 3.8) is 0 Å². The highest BCUT2D eigenvalue weighted by atomic mass is 16.5. The predicted molar refractivity (Wildman–Crippen MR) is 79.7 cm³/mol. The molecule has 2 aromatic rings. The maximum Gasteiger partial charge on any atom is 0.200 e. The van der Waals surface area contributed by atoms with E-state index in [0.717, 1.165) is 12.1 Å². The fourth-order valence-corrected chi connectivity index (χ4v) is 2.12. The van der Waals surface area contributed by atoms with Gasteiger partial charge in [0, 0.05) is 31.5 Å². The average molecular weight is 291 g/mol. The molecule has 1 unspecified atom stereocenters. The van der Waals surface area contributed by atoms with E-state index in [1.54, 1.807) is 24.7 Å². The summed E-state index contributed by atoms with van der Waals surface area (Å²) in [6.45, 7) is 3.60. The molecule has 1 heterocycles. The molecule has 6 nitrogen and oxygen atoms in total. The van der Waals surface area contributed by atoms with E-state index in [1.807, 2.05) is 10.8 Å². The number of aromatic nitrogens is 2. The molecule has 0 bridgehead atoms. The van der Waals surface area contributed by atoms with Gasteiger partial charge in [0.2, 0.25) is 5.75 Å². The van der Waals surface area contributed by atoms with E-state index in [-0.39, 0.29) is 11.8 Å². The predicted octanol–water partition coefficient (Wildman–Crippen LogP) is 1.78. The molecule has 0 amide bonds. The van der Waals surface area contributed by atoms with Crippen LogP contribution in [0.5, 0.6) is 17.2 Å². The number of ether oxygens (including phenoxy) is 2. The van der Waals surface area contributed by atoms with E-state index in [4.69, 9.17) is 9.47 Å². The first-order valence-corrected chi connectivity index (χ1v) is 6.77. The minimum Gasteiger partial charge on any atom is -0.502 e. The number of rotatable bonds is 7. The van der Waals surface area contributed by atoms with Gasteiger partial charge in [-0.1, -0.05) is 0 Å². The first-order valence-electron chi connectivity index (χ1n) is 6.77. The average Bonchev–Trinajstić information content (AvgIpc) is 2.99. The van der Waals surface area contributed by atoms with Gasteiger partial charge >= 0.3 is 0 Å². The molecule has 1 aromatic carbocycles. The summed E-state index contributed by atoms with van der Waals surface area (Å²) in [7, 11) is 3.04. The van der Waals surface area contributed by atoms with E-state index >= 15 is 0 Å². The highest BCUT2D eigenvalue weighted by Gasteiger charge is 2.11. The van der Waals surface area contributed by atoms with Crippen LogP contribution in [-0.4, -0.2) is 34.9 Å². The number of hydrogen-bond acceptors (Lipinski definition) is 5. The van der Waals surface area contributed by atoms with Crippen LogP contribution in [0.25, 0.3) is 0 Å². The summed E-state index contributed by atoms with van der Waals surface area (Å²) in [5.74, 6) is 0.844. The SMILES string of the molecule is COc1cc(CNC(C)Cn2ccnc2)cc(OC)c1O. The Morgan fingerprint density at radius 2 is 1.95 bits per heavy atom. The van der Waals surface area contributed by atoms with Crippen LogP contribution in [0.4, 0.5) is 0 Å². The van der Waals surface area contributed by atoms with E-state index in [9.17, 15) is 5.11 Å². The summed E-state index contributed by atoms with van der Waals surface area (Å²) in [5, 5.41) is 13.3. The summed E-state index contributed by atoms with van der Waals surface area (Å²) < 4.78 is 12.3. The number of aromatic hydroxyl groups is 1. The number of phenols is 1. The topological polar surface area (TPSA) is 68.5 Å². The van der Waals surface area contributed by atoms with Crippen molar-refractivity contribution in [2.75, 3.05) is 14.2 Å². The van der Waals surface area contributed by atoms with Crippen molar-refractivity contribution < 1.29 is 14.6 Å². The molecule has 2 N–H and O–H groups in total. The zero-order valence-corrected chi connectivity index (χ0v) is 12.5. The fraction of sp³-hybridized carbons (Fsp3) is 0.400. The number of nitrogens with one attached hydrogen (secondary N) is 1. The Kier molecular flexibility index (Phi) is 5.05. The Balaban J connectivity index is 1.99. The third-order valence-corrected chi connectivity index (χ3v) is 3.24. The Morgan fingerprint density at radius 1 is 1.29 bits per heavy atom. The van der Waals surface area contributed by atoms with Crippen LogP contribution in [0.1, 0.15) is 12.5 Å². The van der Waals surface area contributed by atoms with E-state index < -0.39 is 0 Å². The standard InChI is InChI=1S/C15H21N3O3/c1-11(9-18-5-4-16-10-18)17-8-12-6-13(20-2)15(19)14(7-12)21-3/h4-7,10-11,17,19H,8-9H2,1-3H3. The van der Waals surface area contributed by atoms with Crippen LogP contribution in [0.2, 0.25) is 0 Å². The summed E-state index contributed by atoms with van der Waals surface area (Å²) in [6.07, 6.45) is 5.50. The Morgan fingerprint density at radius 3 is 2.48 bits per heavy atom. The molecule has 0 aliphatic carbocycles. The van der Waals surface area contributed by atoms with Crippen LogP contribution in [0.3, 0.4) is 0 Å². The van der Waals surface area contributed by atoms with E-state index in [1.165, 1.54) is 14.2 Å². The van der Waals surface area contributed by atoms with Crippen molar-refractivity contribution in [3.8, 4) is 17.2 Å². The van der Waals surface area contributed by atoms with Gasteiger partial charge in [0.1, 0.15) is 0 Å². The molecular weight excluding hydrogens is 270 g/mol. The summed E-state index contributed by atoms with van der Waals surface area (Å²) in [5.41, 5.74) is 0.985. The normalized spacial score (nSPS) is 12.1. The lowest BCUT2D eigenvalue weighted by Gasteiger charge is -2.16. The van der Waals surface area contributed by atoms with Gasteiger partial charge in [0.15, 0.2) is 11.5 Å². The minimum atomic E-state index is 0.0233. The molecule has 0 fully saturated rings. The number of imidazole rings is 1. The van der Waals surface area contributed by atoms with Gasteiger partial charge < -0.3 is 24.5 Å². The van der Waals surface area contributed by atoms with Crippen molar-refractivity contribution in [2.45, 2.75) is 26.1 Å². The summed E-state index contributed by atoms with van der Waals surface area (Å²) in [6, 6.07) is 3.88. The lowest BCUT2D eigenvalue weighted by molar-refractivity contribution is 0.338. The molecular formula is C15H21N3O3. The largest absolute Gasteiger partial charge is 0.502 e. The smallest absolute Gasteiger partial charge is 0.200 e. The summed E-state index contributed by atoms with van der Waals surface area (Å²) >= 11 is 0. The number of hydrogen-bond donors (Lipinski definition) is 2. The zero-order valence-electron chi connectivity index (χ0n) is 12.5. The molecule has 6 heteroatoms. The summed E-state index contributed by atoms with van der Waals surface area (Å²) in [4.78, 5) is 4.02. The molecule has 2 rings (SSSR count). The molecule has 114 valence electrons. The van der Waals surface area contributed by atoms with Gasteiger partial charge in [-0.05, 0) is 24.6 Å². The second kappa shape index (κ2) is 6.99. The molecule has 21 heavy (non-hydrogen) atoms. The molecule has 0 saturated heterocycles. The first-order chi connectivity index (χ1) is 10.1. The maximum atomic E-state index is 9.88. The van der Waals surface area contributed by atoms with Crippen LogP contribution >= 0.6 is 0 Å². The first kappa shape index (κ1) is 15.2. The minimum absolute atomic E-state index is 0.0233. The second-order valence-corrected chi connectivity index (χ2v) is 4.89. The lowest BCUT2D eigenvalue weighted by Crippen LogP contribution is -2.29. The highest BCUT2D eigenvalue weighted by Crippen LogP contribution is 2.36. The van der Waals surface area contributed by atoms with E-state index in [2.05, 4.69) is 17.2 Å². The number of benzene rings is 1. The van der Waals surface area contributed by atoms with E-state index in [0.29, 0.717) is 18.0 Å². The van der Waals surface area contributed by atoms with Crippen molar-refractivity contribution in [3.05, 3.63) is 36.4 Å². The number of phenolic OH excluding ortho intramolecular Hbond substituents is 1. The Bertz CT molecular complexity index is 545. The van der Waals surface area contributed by atoms with Gasteiger partial charge in [0.05, 0.1) is 20.5 Å². The van der Waals surface area contributed by atoms with Crippen molar-refractivity contribution >= 4 is 0 Å². The van der Waals surface area contributed by atoms with Crippen LogP contribution in [0, 0.1) is 0 Å². The highest BCUT2D eigenvalue weighted by molar-refractivity contribution is 5.52. The van der Waals surface area contributed by atoms with Gasteiger partial charge in [-0.15, -0.1) is 0 Å². The fourth-order valence-electron chi connectivity index (χ4n) is 2.12. The van der Waals surface area contributed by atoms with Gasteiger partial charge in [-0.3, -0.25) is 0 Å². The van der Waals surface area contributed by atoms with Crippen molar-refractivity contribution in [2.24, 2.45) is 0 Å². The Hall–Kier alpha value is -2.21. The number of nitrogens with zero attached hydrogens (tertiary/aromatic N) is 2. The Labute approximate surface area is 124 Å². The molecule has 0 aliphatic rings. The molecule has 0 radical (unpaired) electrons. The number of methoxy groups -OCH3 is 2. The molecule has 1 atom stereocenters. The monoisotopic (exact) mass is 291 g/mol. The second-order valence-electron chi connectivity index (χ2n) is 4.89. The zero-order chi connectivity index (χ0) is 15.2. The maximum absolute atomic E-state index is 9.88. The quantitative estimate of drug-likeness (QED) is 0.814. The molecule has 0 aliphatic heterocycles. The van der Waals surface area contributed by atoms with Crippen molar-refractivity contribution in [1.82, 2.24) is 14.9 Å². The van der Waals surface area contributed by atoms with Gasteiger partial charge in [0.25, 0.3) is 0 Å². The van der Waals surface area contributed by atoms with Gasteiger partial charge in [-0.2, -0.15) is 0 Å². The molecule has 0 spiro atoms.